The van der Waals surface area contributed by atoms with E-state index in [1.54, 1.807) is 14.2 Å². The zero-order valence-electron chi connectivity index (χ0n) is 15.2. The zero-order valence-corrected chi connectivity index (χ0v) is 15.2. The lowest BCUT2D eigenvalue weighted by atomic mass is 10.1. The number of pyridine rings is 1. The van der Waals surface area contributed by atoms with Crippen LogP contribution in [-0.4, -0.2) is 19.2 Å². The van der Waals surface area contributed by atoms with E-state index in [2.05, 4.69) is 0 Å². The van der Waals surface area contributed by atoms with E-state index in [1.165, 1.54) is 0 Å². The van der Waals surface area contributed by atoms with E-state index in [1.807, 2.05) is 78.9 Å². The predicted octanol–water partition coefficient (Wildman–Crippen LogP) is 5.71. The van der Waals surface area contributed by atoms with Crippen LogP contribution in [0.2, 0.25) is 0 Å². The van der Waals surface area contributed by atoms with Crippen molar-refractivity contribution < 1.29 is 14.2 Å². The van der Waals surface area contributed by atoms with Crippen molar-refractivity contribution in [1.29, 1.82) is 0 Å². The number of hydrogen-bond acceptors (Lipinski definition) is 4. The van der Waals surface area contributed by atoms with Crippen LogP contribution in [-0.2, 0) is 0 Å². The second kappa shape index (κ2) is 7.38. The van der Waals surface area contributed by atoms with Gasteiger partial charge in [-0.15, -0.1) is 0 Å². The van der Waals surface area contributed by atoms with E-state index < -0.39 is 0 Å². The fourth-order valence-electron chi connectivity index (χ4n) is 2.92. The van der Waals surface area contributed by atoms with E-state index in [0.29, 0.717) is 5.75 Å². The molecule has 0 aliphatic rings. The maximum atomic E-state index is 6.19. The molecule has 1 aromatic heterocycles. The number of ether oxygens (including phenoxy) is 3. The van der Waals surface area contributed by atoms with Gasteiger partial charge in [-0.2, -0.15) is 0 Å². The summed E-state index contributed by atoms with van der Waals surface area (Å²) < 4.78 is 16.8. The molecule has 0 bridgehead atoms. The minimum absolute atomic E-state index is 0.687. The highest BCUT2D eigenvalue weighted by atomic mass is 16.5. The first kappa shape index (κ1) is 16.9. The van der Waals surface area contributed by atoms with Gasteiger partial charge >= 0.3 is 0 Å². The van der Waals surface area contributed by atoms with E-state index in [9.17, 15) is 0 Å². The molecule has 4 nitrogen and oxygen atoms in total. The molecule has 0 radical (unpaired) electrons. The molecule has 0 N–H and O–H groups in total. The maximum absolute atomic E-state index is 6.19. The van der Waals surface area contributed by atoms with Gasteiger partial charge in [0.2, 0.25) is 0 Å². The summed E-state index contributed by atoms with van der Waals surface area (Å²) in [6.07, 6.45) is 0. The fraction of sp³-hybridized carbons (Fsp3) is 0.0870. The lowest BCUT2D eigenvalue weighted by Crippen LogP contribution is -1.94. The third-order valence-corrected chi connectivity index (χ3v) is 4.32. The van der Waals surface area contributed by atoms with Crippen molar-refractivity contribution in [3.05, 3.63) is 78.9 Å². The molecule has 3 aromatic carbocycles. The van der Waals surface area contributed by atoms with Gasteiger partial charge in [-0.05, 0) is 48.5 Å². The number of para-hydroxylation sites is 1. The molecule has 0 saturated heterocycles. The molecule has 27 heavy (non-hydrogen) atoms. The normalized spacial score (nSPS) is 10.6. The van der Waals surface area contributed by atoms with Crippen molar-refractivity contribution in [3.8, 4) is 34.3 Å². The first-order chi connectivity index (χ1) is 13.3. The quantitative estimate of drug-likeness (QED) is 0.459. The Balaban J connectivity index is 1.83. The molecule has 1 heterocycles. The Kier molecular flexibility index (Phi) is 4.62. The minimum atomic E-state index is 0.687. The summed E-state index contributed by atoms with van der Waals surface area (Å²) in [7, 11) is 3.30. The van der Waals surface area contributed by atoms with Crippen LogP contribution in [0.5, 0.6) is 23.0 Å². The van der Waals surface area contributed by atoms with Crippen molar-refractivity contribution in [2.45, 2.75) is 0 Å². The van der Waals surface area contributed by atoms with Crippen molar-refractivity contribution in [1.82, 2.24) is 4.98 Å². The minimum Gasteiger partial charge on any atom is -0.497 e. The van der Waals surface area contributed by atoms with Gasteiger partial charge in [0, 0.05) is 10.9 Å². The Hall–Kier alpha value is -3.53. The SMILES string of the molecule is COc1ccc(Oc2cc3ccccc3nc2-c2cccc(OC)c2)cc1. The highest BCUT2D eigenvalue weighted by Crippen LogP contribution is 2.36. The number of benzene rings is 3. The second-order valence-electron chi connectivity index (χ2n) is 6.04. The molecule has 4 aromatic rings. The Labute approximate surface area is 158 Å². The third kappa shape index (κ3) is 3.55. The van der Waals surface area contributed by atoms with Crippen LogP contribution in [0.25, 0.3) is 22.2 Å². The fourth-order valence-corrected chi connectivity index (χ4v) is 2.92. The monoisotopic (exact) mass is 357 g/mol. The molecule has 0 saturated carbocycles. The third-order valence-electron chi connectivity index (χ3n) is 4.32. The summed E-state index contributed by atoms with van der Waals surface area (Å²) in [6.45, 7) is 0. The van der Waals surface area contributed by atoms with Crippen molar-refractivity contribution >= 4 is 10.9 Å². The average molecular weight is 357 g/mol. The first-order valence-corrected chi connectivity index (χ1v) is 8.63. The molecule has 134 valence electrons. The van der Waals surface area contributed by atoms with E-state index in [0.717, 1.165) is 39.4 Å². The van der Waals surface area contributed by atoms with Crippen LogP contribution in [0.1, 0.15) is 0 Å². The summed E-state index contributed by atoms with van der Waals surface area (Å²) in [5.74, 6) is 2.97. The van der Waals surface area contributed by atoms with Crippen molar-refractivity contribution in [2.24, 2.45) is 0 Å². The lowest BCUT2D eigenvalue weighted by molar-refractivity contribution is 0.412. The van der Waals surface area contributed by atoms with Crippen LogP contribution in [0, 0.1) is 0 Å². The largest absolute Gasteiger partial charge is 0.497 e. The summed E-state index contributed by atoms with van der Waals surface area (Å²) in [4.78, 5) is 4.85. The van der Waals surface area contributed by atoms with E-state index in [4.69, 9.17) is 19.2 Å². The van der Waals surface area contributed by atoms with Gasteiger partial charge in [-0.25, -0.2) is 4.98 Å². The highest BCUT2D eigenvalue weighted by Gasteiger charge is 2.12. The topological polar surface area (TPSA) is 40.6 Å². The number of aromatic nitrogens is 1. The van der Waals surface area contributed by atoms with Crippen LogP contribution in [0.15, 0.2) is 78.9 Å². The molecular weight excluding hydrogens is 338 g/mol. The standard InChI is InChI=1S/C23H19NO3/c1-25-18-10-12-19(13-11-18)27-22-15-16-6-3-4-9-21(16)24-23(22)17-7-5-8-20(14-17)26-2/h3-15H,1-2H3. The van der Waals surface area contributed by atoms with Gasteiger partial charge in [0.1, 0.15) is 22.9 Å². The van der Waals surface area contributed by atoms with Gasteiger partial charge in [0.15, 0.2) is 5.75 Å². The number of hydrogen-bond donors (Lipinski definition) is 0. The second-order valence-corrected chi connectivity index (χ2v) is 6.04. The Morgan fingerprint density at radius 1 is 0.667 bits per heavy atom. The molecule has 0 unspecified atom stereocenters. The number of fused-ring (bicyclic) bond motifs is 1. The molecule has 0 fully saturated rings. The van der Waals surface area contributed by atoms with E-state index >= 15 is 0 Å². The Morgan fingerprint density at radius 3 is 2.19 bits per heavy atom. The molecule has 0 aliphatic heterocycles. The summed E-state index contributed by atoms with van der Waals surface area (Å²) in [5.41, 5.74) is 2.62. The lowest BCUT2D eigenvalue weighted by Gasteiger charge is -2.13. The van der Waals surface area contributed by atoms with Crippen LogP contribution in [0.4, 0.5) is 0 Å². The number of methoxy groups -OCH3 is 2. The van der Waals surface area contributed by atoms with Crippen LogP contribution >= 0.6 is 0 Å². The van der Waals surface area contributed by atoms with Gasteiger partial charge in [-0.1, -0.05) is 30.3 Å². The van der Waals surface area contributed by atoms with E-state index in [-0.39, 0.29) is 0 Å². The summed E-state index contributed by atoms with van der Waals surface area (Å²) >= 11 is 0. The highest BCUT2D eigenvalue weighted by molar-refractivity contribution is 5.85. The van der Waals surface area contributed by atoms with Crippen molar-refractivity contribution in [2.75, 3.05) is 14.2 Å². The maximum Gasteiger partial charge on any atom is 0.154 e. The van der Waals surface area contributed by atoms with Crippen molar-refractivity contribution in [3.63, 3.8) is 0 Å². The molecule has 0 atom stereocenters. The van der Waals surface area contributed by atoms with Gasteiger partial charge in [0.05, 0.1) is 19.7 Å². The zero-order chi connectivity index (χ0) is 18.6. The first-order valence-electron chi connectivity index (χ1n) is 8.63. The molecule has 0 aliphatic carbocycles. The predicted molar refractivity (Wildman–Crippen MR) is 107 cm³/mol. The molecule has 0 amide bonds. The van der Waals surface area contributed by atoms with Crippen LogP contribution < -0.4 is 14.2 Å². The Bertz CT molecular complexity index is 1070. The molecular formula is C23H19NO3. The molecule has 0 spiro atoms. The Morgan fingerprint density at radius 2 is 1.41 bits per heavy atom. The smallest absolute Gasteiger partial charge is 0.154 e. The van der Waals surface area contributed by atoms with Gasteiger partial charge in [-0.3, -0.25) is 0 Å². The summed E-state index contributed by atoms with van der Waals surface area (Å²) in [6, 6.07) is 25.3. The molecule has 4 rings (SSSR count). The van der Waals surface area contributed by atoms with Gasteiger partial charge < -0.3 is 14.2 Å². The number of rotatable bonds is 5. The summed E-state index contributed by atoms with van der Waals surface area (Å²) in [5, 5.41) is 1.02. The molecule has 4 heteroatoms. The van der Waals surface area contributed by atoms with Gasteiger partial charge in [0.25, 0.3) is 0 Å². The number of nitrogens with zero attached hydrogens (tertiary/aromatic N) is 1. The van der Waals surface area contributed by atoms with Crippen LogP contribution in [0.3, 0.4) is 0 Å². The average Bonchev–Trinajstić information content (AvgIpc) is 2.74.